The number of halogens is 1. The van der Waals surface area contributed by atoms with E-state index in [9.17, 15) is 0 Å². The minimum absolute atomic E-state index is 0.473. The predicted molar refractivity (Wildman–Crippen MR) is 94.7 cm³/mol. The molecule has 0 spiro atoms. The number of hydrogen-bond acceptors (Lipinski definition) is 3. The van der Waals surface area contributed by atoms with Gasteiger partial charge in [0.2, 0.25) is 0 Å². The summed E-state index contributed by atoms with van der Waals surface area (Å²) < 4.78 is 0. The zero-order valence-electron chi connectivity index (χ0n) is 13.1. The van der Waals surface area contributed by atoms with Crippen molar-refractivity contribution in [1.82, 2.24) is 15.6 Å². The SMILES string of the molecule is CN=C(NCc1ccc(Cl)cc1)NCc1csc(C(C)C)n1. The van der Waals surface area contributed by atoms with Crippen LogP contribution >= 0.6 is 22.9 Å². The minimum atomic E-state index is 0.473. The third-order valence-corrected chi connectivity index (χ3v) is 4.54. The molecule has 0 radical (unpaired) electrons. The molecule has 0 aliphatic heterocycles. The molecule has 2 rings (SSSR count). The smallest absolute Gasteiger partial charge is 0.191 e. The summed E-state index contributed by atoms with van der Waals surface area (Å²) in [6.07, 6.45) is 0. The third-order valence-electron chi connectivity index (χ3n) is 3.10. The number of benzene rings is 1. The Morgan fingerprint density at radius 3 is 2.50 bits per heavy atom. The van der Waals surface area contributed by atoms with Gasteiger partial charge in [-0.05, 0) is 17.7 Å². The maximum absolute atomic E-state index is 5.88. The summed E-state index contributed by atoms with van der Waals surface area (Å²) in [7, 11) is 1.76. The zero-order valence-corrected chi connectivity index (χ0v) is 14.6. The Labute approximate surface area is 140 Å². The molecule has 118 valence electrons. The van der Waals surface area contributed by atoms with Crippen molar-refractivity contribution in [2.24, 2.45) is 4.99 Å². The molecule has 4 nitrogen and oxygen atoms in total. The first-order valence-corrected chi connectivity index (χ1v) is 8.47. The van der Waals surface area contributed by atoms with E-state index in [-0.39, 0.29) is 0 Å². The fourth-order valence-corrected chi connectivity index (χ4v) is 2.81. The fourth-order valence-electron chi connectivity index (χ4n) is 1.85. The van der Waals surface area contributed by atoms with Gasteiger partial charge in [0.25, 0.3) is 0 Å². The Bertz CT molecular complexity index is 619. The highest BCUT2D eigenvalue weighted by Gasteiger charge is 2.06. The van der Waals surface area contributed by atoms with Gasteiger partial charge >= 0.3 is 0 Å². The molecule has 0 saturated carbocycles. The molecule has 0 aliphatic carbocycles. The van der Waals surface area contributed by atoms with Crippen LogP contribution in [0, 0.1) is 0 Å². The lowest BCUT2D eigenvalue weighted by Gasteiger charge is -2.11. The number of hydrogen-bond donors (Lipinski definition) is 2. The Morgan fingerprint density at radius 1 is 1.23 bits per heavy atom. The van der Waals surface area contributed by atoms with Gasteiger partial charge in [0.1, 0.15) is 0 Å². The average Bonchev–Trinajstić information content (AvgIpc) is 2.98. The van der Waals surface area contributed by atoms with Crippen molar-refractivity contribution in [2.45, 2.75) is 32.9 Å². The van der Waals surface area contributed by atoms with Gasteiger partial charge in [-0.25, -0.2) is 4.98 Å². The fraction of sp³-hybridized carbons (Fsp3) is 0.375. The first kappa shape index (κ1) is 16.8. The predicted octanol–water partition coefficient (Wildman–Crippen LogP) is 3.79. The van der Waals surface area contributed by atoms with Crippen LogP contribution < -0.4 is 10.6 Å². The molecule has 0 saturated heterocycles. The standard InChI is InChI=1S/C16H21ClN4S/c1-11(2)15-21-14(10-22-15)9-20-16(18-3)19-8-12-4-6-13(17)7-5-12/h4-7,10-11H,8-9H2,1-3H3,(H2,18,19,20). The molecule has 2 N–H and O–H groups in total. The van der Waals surface area contributed by atoms with Gasteiger partial charge in [0, 0.05) is 29.9 Å². The highest BCUT2D eigenvalue weighted by molar-refractivity contribution is 7.09. The number of nitrogens with one attached hydrogen (secondary N) is 2. The normalized spacial score (nSPS) is 11.8. The van der Waals surface area contributed by atoms with Gasteiger partial charge < -0.3 is 10.6 Å². The van der Waals surface area contributed by atoms with E-state index in [2.05, 4.69) is 39.8 Å². The molecule has 0 amide bonds. The van der Waals surface area contributed by atoms with Crippen molar-refractivity contribution in [3.63, 3.8) is 0 Å². The summed E-state index contributed by atoms with van der Waals surface area (Å²) in [5.41, 5.74) is 2.20. The van der Waals surface area contributed by atoms with E-state index in [4.69, 9.17) is 11.6 Å². The molecule has 6 heteroatoms. The van der Waals surface area contributed by atoms with Gasteiger partial charge in [-0.1, -0.05) is 37.6 Å². The van der Waals surface area contributed by atoms with Gasteiger partial charge in [-0.3, -0.25) is 4.99 Å². The lowest BCUT2D eigenvalue weighted by Crippen LogP contribution is -2.36. The molecule has 0 atom stereocenters. The minimum Gasteiger partial charge on any atom is -0.352 e. The number of rotatable bonds is 5. The van der Waals surface area contributed by atoms with Crippen LogP contribution in [0.4, 0.5) is 0 Å². The Morgan fingerprint density at radius 2 is 1.91 bits per heavy atom. The molecular formula is C16H21ClN4S. The van der Waals surface area contributed by atoms with E-state index in [0.717, 1.165) is 22.2 Å². The second-order valence-corrected chi connectivity index (χ2v) is 6.56. The number of aromatic nitrogens is 1. The van der Waals surface area contributed by atoms with Crippen LogP contribution in [0.2, 0.25) is 5.02 Å². The molecule has 1 aromatic carbocycles. The van der Waals surface area contributed by atoms with Crippen molar-refractivity contribution in [2.75, 3.05) is 7.05 Å². The van der Waals surface area contributed by atoms with E-state index in [1.54, 1.807) is 18.4 Å². The first-order chi connectivity index (χ1) is 10.6. The molecule has 0 unspecified atom stereocenters. The number of aliphatic imine (C=N–C) groups is 1. The largest absolute Gasteiger partial charge is 0.352 e. The lowest BCUT2D eigenvalue weighted by molar-refractivity contribution is 0.783. The molecule has 2 aromatic rings. The van der Waals surface area contributed by atoms with Crippen LogP contribution in [0.3, 0.4) is 0 Å². The van der Waals surface area contributed by atoms with Gasteiger partial charge in [-0.2, -0.15) is 0 Å². The lowest BCUT2D eigenvalue weighted by atomic mass is 10.2. The van der Waals surface area contributed by atoms with Gasteiger partial charge in [0.05, 0.1) is 17.2 Å². The topological polar surface area (TPSA) is 49.3 Å². The molecule has 0 aliphatic rings. The monoisotopic (exact) mass is 336 g/mol. The number of thiazole rings is 1. The molecular weight excluding hydrogens is 316 g/mol. The van der Waals surface area contributed by atoms with Crippen LogP contribution in [0.25, 0.3) is 0 Å². The second kappa shape index (κ2) is 8.15. The maximum atomic E-state index is 5.88. The second-order valence-electron chi connectivity index (χ2n) is 5.24. The molecule has 1 aromatic heterocycles. The van der Waals surface area contributed by atoms with Crippen molar-refractivity contribution in [1.29, 1.82) is 0 Å². The number of nitrogens with zero attached hydrogens (tertiary/aromatic N) is 2. The van der Waals surface area contributed by atoms with Crippen LogP contribution in [-0.2, 0) is 13.1 Å². The van der Waals surface area contributed by atoms with Crippen molar-refractivity contribution in [3.8, 4) is 0 Å². The van der Waals surface area contributed by atoms with Gasteiger partial charge in [0.15, 0.2) is 5.96 Å². The quantitative estimate of drug-likeness (QED) is 0.645. The highest BCUT2D eigenvalue weighted by Crippen LogP contribution is 2.18. The first-order valence-electron chi connectivity index (χ1n) is 7.21. The molecule has 0 fully saturated rings. The Kier molecular flexibility index (Phi) is 6.21. The molecule has 22 heavy (non-hydrogen) atoms. The Balaban J connectivity index is 1.83. The van der Waals surface area contributed by atoms with Crippen molar-refractivity contribution >= 4 is 28.9 Å². The summed E-state index contributed by atoms with van der Waals surface area (Å²) in [5.74, 6) is 1.23. The molecule has 0 bridgehead atoms. The van der Waals surface area contributed by atoms with Crippen LogP contribution in [0.15, 0.2) is 34.6 Å². The maximum Gasteiger partial charge on any atom is 0.191 e. The number of guanidine groups is 1. The summed E-state index contributed by atoms with van der Waals surface area (Å²) in [6, 6.07) is 7.77. The summed E-state index contributed by atoms with van der Waals surface area (Å²) in [6.45, 7) is 5.68. The van der Waals surface area contributed by atoms with E-state index >= 15 is 0 Å². The van der Waals surface area contributed by atoms with E-state index in [1.807, 2.05) is 24.3 Å². The van der Waals surface area contributed by atoms with Crippen LogP contribution in [0.5, 0.6) is 0 Å². The van der Waals surface area contributed by atoms with Gasteiger partial charge in [-0.15, -0.1) is 11.3 Å². The van der Waals surface area contributed by atoms with E-state index < -0.39 is 0 Å². The summed E-state index contributed by atoms with van der Waals surface area (Å²) >= 11 is 7.59. The zero-order chi connectivity index (χ0) is 15.9. The van der Waals surface area contributed by atoms with Crippen molar-refractivity contribution in [3.05, 3.63) is 50.9 Å². The van der Waals surface area contributed by atoms with Crippen LogP contribution in [-0.4, -0.2) is 18.0 Å². The average molecular weight is 337 g/mol. The van der Waals surface area contributed by atoms with E-state index in [0.29, 0.717) is 19.0 Å². The molecule has 1 heterocycles. The summed E-state index contributed by atoms with van der Waals surface area (Å²) in [4.78, 5) is 8.82. The third kappa shape index (κ3) is 5.00. The Hall–Kier alpha value is -1.59. The van der Waals surface area contributed by atoms with E-state index in [1.165, 1.54) is 5.01 Å². The van der Waals surface area contributed by atoms with Crippen LogP contribution in [0.1, 0.15) is 36.0 Å². The van der Waals surface area contributed by atoms with Crippen molar-refractivity contribution < 1.29 is 0 Å². The highest BCUT2D eigenvalue weighted by atomic mass is 35.5. The summed E-state index contributed by atoms with van der Waals surface area (Å²) in [5, 5.41) is 10.6.